The number of aromatic hydroxyl groups is 1. The van der Waals surface area contributed by atoms with Crippen LogP contribution in [-0.2, 0) is 0 Å². The first kappa shape index (κ1) is 13.2. The van der Waals surface area contributed by atoms with Crippen LogP contribution in [0.3, 0.4) is 0 Å². The predicted molar refractivity (Wildman–Crippen MR) is 79.9 cm³/mol. The lowest BCUT2D eigenvalue weighted by molar-refractivity contribution is 0.455. The van der Waals surface area contributed by atoms with E-state index in [4.69, 9.17) is 5.73 Å². The summed E-state index contributed by atoms with van der Waals surface area (Å²) in [5.41, 5.74) is 6.83. The van der Waals surface area contributed by atoms with Crippen LogP contribution in [0.1, 0.15) is 24.4 Å². The maximum atomic E-state index is 9.88. The van der Waals surface area contributed by atoms with E-state index in [0.29, 0.717) is 5.75 Å². The Morgan fingerprint density at radius 1 is 1.47 bits per heavy atom. The number of hydrogen-bond acceptors (Lipinski definition) is 2. The van der Waals surface area contributed by atoms with Crippen LogP contribution in [0.5, 0.6) is 5.75 Å². The molecule has 0 amide bonds. The molecule has 1 aromatic carbocycles. The minimum absolute atomic E-state index is 0.119. The fraction of sp³-hybridized carbons (Fsp3) is 0.273. The van der Waals surface area contributed by atoms with Crippen molar-refractivity contribution in [2.75, 3.05) is 0 Å². The van der Waals surface area contributed by atoms with E-state index in [1.807, 2.05) is 18.2 Å². The Morgan fingerprint density at radius 2 is 2.13 bits per heavy atom. The molecule has 0 aliphatic rings. The van der Waals surface area contributed by atoms with Gasteiger partial charge in [-0.05, 0) is 70.2 Å². The van der Waals surface area contributed by atoms with Crippen LogP contribution in [0.25, 0.3) is 0 Å². The Morgan fingerprint density at radius 3 is 2.73 bits per heavy atom. The zero-order valence-corrected chi connectivity index (χ0v) is 12.5. The van der Waals surface area contributed by atoms with Crippen LogP contribution < -0.4 is 5.73 Å². The van der Waals surface area contributed by atoms with Gasteiger partial charge < -0.3 is 10.8 Å². The summed E-state index contributed by atoms with van der Waals surface area (Å²) in [6, 6.07) is 3.75. The third-order valence-corrected chi connectivity index (χ3v) is 3.58. The third-order valence-electron chi connectivity index (χ3n) is 2.14. The van der Waals surface area contributed by atoms with Crippen molar-refractivity contribution < 1.29 is 5.11 Å². The highest BCUT2D eigenvalue weighted by Crippen LogP contribution is 2.32. The van der Waals surface area contributed by atoms with Gasteiger partial charge in [-0.25, -0.2) is 0 Å². The van der Waals surface area contributed by atoms with Crippen LogP contribution >= 0.6 is 45.2 Å². The Hall–Kier alpha value is 0.180. The molecule has 4 heteroatoms. The molecule has 0 aromatic heterocycles. The molecule has 0 bridgehead atoms. The molecule has 2 nitrogen and oxygen atoms in total. The number of phenols is 1. The second kappa shape index (κ2) is 6.05. The van der Waals surface area contributed by atoms with Crippen molar-refractivity contribution in [2.45, 2.75) is 18.9 Å². The number of phenolic OH excluding ortho intramolecular Hbond substituents is 1. The molecular weight excluding hydrogens is 416 g/mol. The summed E-state index contributed by atoms with van der Waals surface area (Å²) in [4.78, 5) is 0. The fourth-order valence-corrected chi connectivity index (χ4v) is 3.21. The van der Waals surface area contributed by atoms with Gasteiger partial charge in [0.2, 0.25) is 0 Å². The Kier molecular flexibility index (Phi) is 5.34. The topological polar surface area (TPSA) is 46.2 Å². The van der Waals surface area contributed by atoms with Gasteiger partial charge in [0.15, 0.2) is 0 Å². The molecule has 15 heavy (non-hydrogen) atoms. The molecule has 0 fully saturated rings. The van der Waals surface area contributed by atoms with Crippen molar-refractivity contribution >= 4 is 45.2 Å². The molecule has 82 valence electrons. The van der Waals surface area contributed by atoms with Crippen LogP contribution in [0.15, 0.2) is 24.8 Å². The van der Waals surface area contributed by atoms with E-state index < -0.39 is 0 Å². The molecule has 0 saturated carbocycles. The summed E-state index contributed by atoms with van der Waals surface area (Å²) < 4.78 is 1.95. The summed E-state index contributed by atoms with van der Waals surface area (Å²) in [6.07, 6.45) is 3.52. The highest BCUT2D eigenvalue weighted by molar-refractivity contribution is 14.1. The summed E-state index contributed by atoms with van der Waals surface area (Å²) in [7, 11) is 0. The quantitative estimate of drug-likeness (QED) is 0.568. The first-order valence-electron chi connectivity index (χ1n) is 4.60. The normalized spacial score (nSPS) is 12.5. The maximum Gasteiger partial charge on any atom is 0.133 e. The standard InChI is InChI=1S/C11H13I2NO/c1-2-3-4-10(14)8-5-7(12)6-9(13)11(8)15/h2,5-6,10,15H,1,3-4,14H2/t10-/m1/s1. The minimum Gasteiger partial charge on any atom is -0.506 e. The molecule has 3 N–H and O–H groups in total. The van der Waals surface area contributed by atoms with Crippen molar-refractivity contribution in [1.82, 2.24) is 0 Å². The highest BCUT2D eigenvalue weighted by atomic mass is 127. The van der Waals surface area contributed by atoms with E-state index >= 15 is 0 Å². The molecule has 0 aliphatic heterocycles. The van der Waals surface area contributed by atoms with Crippen molar-refractivity contribution in [2.24, 2.45) is 5.73 Å². The van der Waals surface area contributed by atoms with Gasteiger partial charge >= 0.3 is 0 Å². The van der Waals surface area contributed by atoms with Gasteiger partial charge in [-0.15, -0.1) is 6.58 Å². The first-order valence-corrected chi connectivity index (χ1v) is 6.76. The summed E-state index contributed by atoms with van der Waals surface area (Å²) >= 11 is 4.34. The fourth-order valence-electron chi connectivity index (χ4n) is 1.32. The Balaban J connectivity index is 2.96. The number of halogens is 2. The Labute approximate surface area is 117 Å². The van der Waals surface area contributed by atoms with E-state index in [0.717, 1.165) is 25.5 Å². The smallest absolute Gasteiger partial charge is 0.133 e. The van der Waals surface area contributed by atoms with Crippen molar-refractivity contribution in [3.05, 3.63) is 37.5 Å². The third kappa shape index (κ3) is 3.60. The van der Waals surface area contributed by atoms with Crippen LogP contribution in [0, 0.1) is 7.14 Å². The van der Waals surface area contributed by atoms with Gasteiger partial charge in [-0.3, -0.25) is 0 Å². The number of allylic oxidation sites excluding steroid dienone is 1. The molecular formula is C11H13I2NO. The van der Waals surface area contributed by atoms with E-state index in [9.17, 15) is 5.11 Å². The number of benzene rings is 1. The lowest BCUT2D eigenvalue weighted by atomic mass is 10.0. The molecule has 0 spiro atoms. The largest absolute Gasteiger partial charge is 0.506 e. The van der Waals surface area contributed by atoms with Gasteiger partial charge in [0.1, 0.15) is 5.75 Å². The molecule has 0 radical (unpaired) electrons. The number of hydrogen-bond donors (Lipinski definition) is 2. The average Bonchev–Trinajstić information content (AvgIpc) is 2.19. The maximum absolute atomic E-state index is 9.88. The second-order valence-corrected chi connectivity index (χ2v) is 5.71. The second-order valence-electron chi connectivity index (χ2n) is 3.30. The Bertz CT molecular complexity index is 366. The van der Waals surface area contributed by atoms with Crippen LogP contribution in [0.4, 0.5) is 0 Å². The van der Waals surface area contributed by atoms with Crippen molar-refractivity contribution in [3.63, 3.8) is 0 Å². The minimum atomic E-state index is -0.119. The van der Waals surface area contributed by atoms with Crippen molar-refractivity contribution in [3.8, 4) is 5.75 Å². The zero-order chi connectivity index (χ0) is 11.4. The van der Waals surface area contributed by atoms with Gasteiger partial charge in [0.25, 0.3) is 0 Å². The molecule has 1 rings (SSSR count). The van der Waals surface area contributed by atoms with Gasteiger partial charge in [0, 0.05) is 15.2 Å². The molecule has 0 unspecified atom stereocenters. The molecule has 0 saturated heterocycles. The first-order chi connectivity index (χ1) is 7.06. The van der Waals surface area contributed by atoms with Gasteiger partial charge in [-0.2, -0.15) is 0 Å². The van der Waals surface area contributed by atoms with Crippen LogP contribution in [-0.4, -0.2) is 5.11 Å². The molecule has 1 aromatic rings. The molecule has 0 heterocycles. The van der Waals surface area contributed by atoms with E-state index in [1.54, 1.807) is 0 Å². The van der Waals surface area contributed by atoms with Gasteiger partial charge in [-0.1, -0.05) is 6.08 Å². The van der Waals surface area contributed by atoms with Gasteiger partial charge in [0.05, 0.1) is 3.57 Å². The average molecular weight is 429 g/mol. The van der Waals surface area contributed by atoms with E-state index in [2.05, 4.69) is 51.8 Å². The van der Waals surface area contributed by atoms with E-state index in [-0.39, 0.29) is 6.04 Å². The van der Waals surface area contributed by atoms with Crippen LogP contribution in [0.2, 0.25) is 0 Å². The number of rotatable bonds is 4. The predicted octanol–water partition coefficient (Wildman–Crippen LogP) is 3.57. The summed E-state index contributed by atoms with van der Waals surface area (Å²) in [6.45, 7) is 3.66. The SMILES string of the molecule is C=CCC[C@@H](N)c1cc(I)cc(I)c1O. The lowest BCUT2D eigenvalue weighted by Gasteiger charge is -2.14. The summed E-state index contributed by atoms with van der Waals surface area (Å²) in [5.74, 6) is 0.313. The zero-order valence-electron chi connectivity index (χ0n) is 8.21. The summed E-state index contributed by atoms with van der Waals surface area (Å²) in [5, 5.41) is 9.88. The molecule has 0 aliphatic carbocycles. The molecule has 1 atom stereocenters. The highest BCUT2D eigenvalue weighted by Gasteiger charge is 2.13. The lowest BCUT2D eigenvalue weighted by Crippen LogP contribution is -2.10. The van der Waals surface area contributed by atoms with E-state index in [1.165, 1.54) is 0 Å². The number of nitrogens with two attached hydrogens (primary N) is 1. The monoisotopic (exact) mass is 429 g/mol. The van der Waals surface area contributed by atoms with Crippen molar-refractivity contribution in [1.29, 1.82) is 0 Å².